The number of alkyl halides is 1. The van der Waals surface area contributed by atoms with Crippen LogP contribution in [0, 0.1) is 5.92 Å². The smallest absolute Gasteiger partial charge is 0.278 e. The van der Waals surface area contributed by atoms with Gasteiger partial charge >= 0.3 is 0 Å². The molecule has 3 amide bonds. The Morgan fingerprint density at radius 1 is 0.920 bits per heavy atom. The van der Waals surface area contributed by atoms with Gasteiger partial charge in [-0.25, -0.2) is 15.0 Å². The molecule has 0 bridgehead atoms. The largest absolute Gasteiger partial charge is 0.379 e. The Kier molecular flexibility index (Phi) is 16.4. The number of nitrogens with zero attached hydrogens (tertiary/aromatic N) is 5. The molecule has 0 atom stereocenters. The molecule has 1 saturated carbocycles. The van der Waals surface area contributed by atoms with Crippen molar-refractivity contribution in [2.75, 3.05) is 64.4 Å². The van der Waals surface area contributed by atoms with Crippen LogP contribution in [0.4, 0.5) is 5.69 Å². The number of halogens is 1. The number of carbonyl (C=O) groups excluding carboxylic acids is 3. The zero-order chi connectivity index (χ0) is 35.6. The molecule has 1 aliphatic heterocycles. The second kappa shape index (κ2) is 21.2. The summed E-state index contributed by atoms with van der Waals surface area (Å²) >= 11 is 5.68. The number of benzene rings is 1. The first kappa shape index (κ1) is 38.7. The SMILES string of the molecule is CN(C)c1ccc(/C=C2N=C(/C=C/c3cncnc3)N(CC(=O)NC3CCC(C(=O)NCCOCCOCCCCCCCl)CC3)C/2=O)cc1. The number of amidine groups is 1. The number of rotatable bonds is 20. The summed E-state index contributed by atoms with van der Waals surface area (Å²) in [5, 5.41) is 6.04. The second-order valence-electron chi connectivity index (χ2n) is 12.6. The van der Waals surface area contributed by atoms with Crippen LogP contribution in [0.25, 0.3) is 12.2 Å². The van der Waals surface area contributed by atoms with Gasteiger partial charge in [0.05, 0.1) is 19.8 Å². The predicted molar refractivity (Wildman–Crippen MR) is 197 cm³/mol. The highest BCUT2D eigenvalue weighted by molar-refractivity contribution is 6.19. The van der Waals surface area contributed by atoms with Crippen molar-refractivity contribution < 1.29 is 23.9 Å². The molecular weight excluding hydrogens is 658 g/mol. The fourth-order valence-corrected chi connectivity index (χ4v) is 5.91. The van der Waals surface area contributed by atoms with Gasteiger partial charge < -0.3 is 25.0 Å². The number of ether oxygens (including phenoxy) is 2. The van der Waals surface area contributed by atoms with Crippen LogP contribution >= 0.6 is 11.6 Å². The summed E-state index contributed by atoms with van der Waals surface area (Å²) in [5.41, 5.74) is 2.85. The van der Waals surface area contributed by atoms with Gasteiger partial charge in [0.15, 0.2) is 0 Å². The molecule has 1 aromatic carbocycles. The maximum atomic E-state index is 13.5. The van der Waals surface area contributed by atoms with Crippen molar-refractivity contribution in [3.8, 4) is 0 Å². The van der Waals surface area contributed by atoms with Crippen LogP contribution in [0.1, 0.15) is 62.5 Å². The van der Waals surface area contributed by atoms with Crippen LogP contribution in [0.15, 0.2) is 59.8 Å². The number of aromatic nitrogens is 2. The minimum Gasteiger partial charge on any atom is -0.379 e. The highest BCUT2D eigenvalue weighted by atomic mass is 35.5. The standard InChI is InChI=1S/C37H50ClN7O5/c1-44(2)32-14-7-28(8-15-32)23-33-37(48)45(34(43-33)16-9-29-24-39-27-40-25-29)26-35(46)42-31-12-10-30(11-13-31)36(47)41-18-20-50-22-21-49-19-6-4-3-5-17-38/h7-9,14-16,23-25,27,30-31H,3-6,10-13,17-22,26H2,1-2H3,(H,41,47)(H,42,46)/b16-9+,33-23+. The fraction of sp³-hybridized carbons (Fsp3) is 0.514. The topological polar surface area (TPSA) is 138 Å². The summed E-state index contributed by atoms with van der Waals surface area (Å²) in [4.78, 5) is 55.5. The van der Waals surface area contributed by atoms with Crippen molar-refractivity contribution in [1.29, 1.82) is 0 Å². The first-order valence-corrected chi connectivity index (χ1v) is 18.0. The molecule has 1 aliphatic carbocycles. The monoisotopic (exact) mass is 707 g/mol. The molecule has 0 radical (unpaired) electrons. The van der Waals surface area contributed by atoms with Crippen molar-refractivity contribution in [3.05, 3.63) is 65.9 Å². The van der Waals surface area contributed by atoms with E-state index >= 15 is 0 Å². The zero-order valence-electron chi connectivity index (χ0n) is 29.2. The zero-order valence-corrected chi connectivity index (χ0v) is 29.9. The van der Waals surface area contributed by atoms with E-state index in [1.165, 1.54) is 11.2 Å². The van der Waals surface area contributed by atoms with Crippen LogP contribution in [-0.4, -0.2) is 104 Å². The van der Waals surface area contributed by atoms with Gasteiger partial charge in [0.2, 0.25) is 11.8 Å². The summed E-state index contributed by atoms with van der Waals surface area (Å²) in [7, 11) is 3.93. The molecular formula is C37H50ClN7O5. The average molecular weight is 708 g/mol. The van der Waals surface area contributed by atoms with Gasteiger partial charge in [-0.2, -0.15) is 0 Å². The lowest BCUT2D eigenvalue weighted by Crippen LogP contribution is -2.46. The molecule has 0 spiro atoms. The summed E-state index contributed by atoms with van der Waals surface area (Å²) in [5.74, 6) is 0.351. The molecule has 1 fully saturated rings. The molecule has 2 heterocycles. The molecule has 2 aromatic rings. The van der Waals surface area contributed by atoms with Crippen LogP contribution in [0.5, 0.6) is 0 Å². The Balaban J connectivity index is 1.20. The Morgan fingerprint density at radius 3 is 2.32 bits per heavy atom. The van der Waals surface area contributed by atoms with E-state index in [9.17, 15) is 14.4 Å². The number of anilines is 1. The van der Waals surface area contributed by atoms with Crippen molar-refractivity contribution >= 4 is 53.0 Å². The predicted octanol–water partition coefficient (Wildman–Crippen LogP) is 4.46. The number of amides is 3. The van der Waals surface area contributed by atoms with Crippen molar-refractivity contribution in [2.24, 2.45) is 10.9 Å². The van der Waals surface area contributed by atoms with Crippen LogP contribution in [0.3, 0.4) is 0 Å². The molecule has 1 aromatic heterocycles. The molecule has 50 heavy (non-hydrogen) atoms. The van der Waals surface area contributed by atoms with Gasteiger partial charge in [-0.15, -0.1) is 11.6 Å². The van der Waals surface area contributed by atoms with E-state index < -0.39 is 0 Å². The first-order chi connectivity index (χ1) is 24.3. The van der Waals surface area contributed by atoms with E-state index in [0.29, 0.717) is 63.8 Å². The Hall–Kier alpha value is -4.13. The number of carbonyl (C=O) groups is 3. The minimum atomic E-state index is -0.355. The molecule has 2 N–H and O–H groups in total. The Morgan fingerprint density at radius 2 is 1.62 bits per heavy atom. The van der Waals surface area contributed by atoms with E-state index in [-0.39, 0.29) is 41.9 Å². The number of hydrogen-bond donors (Lipinski definition) is 2. The summed E-state index contributed by atoms with van der Waals surface area (Å²) < 4.78 is 11.2. The molecule has 4 rings (SSSR count). The maximum Gasteiger partial charge on any atom is 0.278 e. The second-order valence-corrected chi connectivity index (χ2v) is 13.0. The lowest BCUT2D eigenvalue weighted by atomic mass is 9.85. The van der Waals surface area contributed by atoms with Gasteiger partial charge in [-0.1, -0.05) is 25.0 Å². The van der Waals surface area contributed by atoms with E-state index in [4.69, 9.17) is 21.1 Å². The van der Waals surface area contributed by atoms with E-state index in [1.54, 1.807) is 30.6 Å². The summed E-state index contributed by atoms with van der Waals surface area (Å²) in [6, 6.07) is 7.71. The van der Waals surface area contributed by atoms with Gasteiger partial charge in [-0.3, -0.25) is 19.3 Å². The van der Waals surface area contributed by atoms with Gasteiger partial charge in [0.25, 0.3) is 5.91 Å². The third-order valence-corrected chi connectivity index (χ3v) is 8.82. The van der Waals surface area contributed by atoms with Crippen molar-refractivity contribution in [3.63, 3.8) is 0 Å². The Bertz CT molecular complexity index is 1460. The lowest BCUT2D eigenvalue weighted by molar-refractivity contribution is -0.129. The maximum absolute atomic E-state index is 13.5. The highest BCUT2D eigenvalue weighted by Crippen LogP contribution is 2.25. The van der Waals surface area contributed by atoms with Gasteiger partial charge in [-0.05, 0) is 74.4 Å². The number of nitrogens with one attached hydrogen (secondary N) is 2. The lowest BCUT2D eigenvalue weighted by Gasteiger charge is -2.29. The normalized spacial score (nSPS) is 18.5. The number of aliphatic imine (C=N–C) groups is 1. The average Bonchev–Trinajstić information content (AvgIpc) is 3.41. The molecule has 0 saturated heterocycles. The number of unbranched alkanes of at least 4 members (excludes halogenated alkanes) is 3. The summed E-state index contributed by atoms with van der Waals surface area (Å²) in [6.07, 6.45) is 17.0. The van der Waals surface area contributed by atoms with Gasteiger partial charge in [0.1, 0.15) is 24.4 Å². The number of hydrogen-bond acceptors (Lipinski definition) is 9. The Labute approximate surface area is 300 Å². The molecule has 12 nitrogen and oxygen atoms in total. The highest BCUT2D eigenvalue weighted by Gasteiger charge is 2.32. The van der Waals surface area contributed by atoms with E-state index in [1.807, 2.05) is 43.3 Å². The van der Waals surface area contributed by atoms with Crippen molar-refractivity contribution in [2.45, 2.75) is 57.4 Å². The van der Waals surface area contributed by atoms with Crippen LogP contribution in [-0.2, 0) is 23.9 Å². The quantitative estimate of drug-likeness (QED) is 0.117. The molecule has 13 heteroatoms. The van der Waals surface area contributed by atoms with E-state index in [0.717, 1.165) is 49.1 Å². The summed E-state index contributed by atoms with van der Waals surface area (Å²) in [6.45, 7) is 2.48. The molecule has 2 aliphatic rings. The van der Waals surface area contributed by atoms with Gasteiger partial charge in [0, 0.05) is 68.7 Å². The first-order valence-electron chi connectivity index (χ1n) is 17.5. The molecule has 270 valence electrons. The van der Waals surface area contributed by atoms with Crippen molar-refractivity contribution in [1.82, 2.24) is 25.5 Å². The fourth-order valence-electron chi connectivity index (χ4n) is 5.72. The van der Waals surface area contributed by atoms with Crippen LogP contribution in [0.2, 0.25) is 0 Å². The minimum absolute atomic E-state index is 0.0152. The third kappa shape index (κ3) is 13.0. The van der Waals surface area contributed by atoms with E-state index in [2.05, 4.69) is 25.6 Å². The third-order valence-electron chi connectivity index (χ3n) is 8.55. The van der Waals surface area contributed by atoms with Crippen LogP contribution < -0.4 is 15.5 Å². The molecule has 0 unspecified atom stereocenters.